The number of benzene rings is 1. The van der Waals surface area contributed by atoms with Crippen molar-refractivity contribution in [1.29, 1.82) is 0 Å². The minimum Gasteiger partial charge on any atom is -0.493 e. The molecular weight excluding hydrogens is 246 g/mol. The van der Waals surface area contributed by atoms with Gasteiger partial charge >= 0.3 is 0 Å². The van der Waals surface area contributed by atoms with Crippen molar-refractivity contribution in [3.05, 3.63) is 28.3 Å². The van der Waals surface area contributed by atoms with Crippen LogP contribution < -0.4 is 10.1 Å². The molecule has 2 aliphatic heterocycles. The van der Waals surface area contributed by atoms with Crippen molar-refractivity contribution in [2.45, 2.75) is 32.6 Å². The lowest BCUT2D eigenvalue weighted by Gasteiger charge is -2.43. The molecule has 1 N–H and O–H groups in total. The first kappa shape index (κ1) is 12.3. The first-order chi connectivity index (χ1) is 8.72. The first-order valence-corrected chi connectivity index (χ1v) is 7.25. The predicted octanol–water partition coefficient (Wildman–Crippen LogP) is 3.21. The molecule has 0 saturated carbocycles. The summed E-state index contributed by atoms with van der Waals surface area (Å²) in [7, 11) is 0. The van der Waals surface area contributed by atoms with Gasteiger partial charge in [0.1, 0.15) is 5.75 Å². The molecule has 0 aliphatic carbocycles. The van der Waals surface area contributed by atoms with Gasteiger partial charge in [-0.15, -0.1) is 0 Å². The van der Waals surface area contributed by atoms with Crippen LogP contribution in [0.15, 0.2) is 12.1 Å². The van der Waals surface area contributed by atoms with E-state index < -0.39 is 0 Å². The Bertz CT molecular complexity index is 454. The molecule has 2 heterocycles. The molecule has 0 bridgehead atoms. The van der Waals surface area contributed by atoms with Crippen molar-refractivity contribution in [1.82, 2.24) is 5.32 Å². The lowest BCUT2D eigenvalue weighted by atomic mass is 9.73. The Morgan fingerprint density at radius 2 is 2.22 bits per heavy atom. The number of ether oxygens (including phenoxy) is 1. The van der Waals surface area contributed by atoms with Gasteiger partial charge < -0.3 is 10.1 Å². The van der Waals surface area contributed by atoms with Crippen LogP contribution in [0.2, 0.25) is 5.02 Å². The van der Waals surface area contributed by atoms with Gasteiger partial charge in [0.25, 0.3) is 0 Å². The van der Waals surface area contributed by atoms with E-state index in [0.29, 0.717) is 5.41 Å². The molecule has 3 heteroatoms. The van der Waals surface area contributed by atoms with Crippen LogP contribution in [-0.4, -0.2) is 19.7 Å². The summed E-state index contributed by atoms with van der Waals surface area (Å²) >= 11 is 6.22. The molecule has 1 saturated heterocycles. The number of rotatable bonds is 4. The molecule has 0 radical (unpaired) electrons. The van der Waals surface area contributed by atoms with Crippen molar-refractivity contribution in [2.24, 2.45) is 5.41 Å². The fraction of sp³-hybridized carbons (Fsp3) is 0.600. The van der Waals surface area contributed by atoms with Crippen molar-refractivity contribution >= 4 is 11.6 Å². The van der Waals surface area contributed by atoms with E-state index in [4.69, 9.17) is 16.3 Å². The summed E-state index contributed by atoms with van der Waals surface area (Å²) < 4.78 is 5.80. The SMILES string of the molecule is CCCC1(Cc2cc(Cl)cc3c2OCC3)CNC1. The molecule has 0 atom stereocenters. The van der Waals surface area contributed by atoms with E-state index in [1.54, 1.807) is 0 Å². The van der Waals surface area contributed by atoms with Gasteiger partial charge in [-0.2, -0.15) is 0 Å². The summed E-state index contributed by atoms with van der Waals surface area (Å²) in [5.74, 6) is 1.11. The van der Waals surface area contributed by atoms with Crippen molar-refractivity contribution in [3.63, 3.8) is 0 Å². The molecule has 3 rings (SSSR count). The van der Waals surface area contributed by atoms with E-state index in [1.807, 2.05) is 0 Å². The molecule has 0 amide bonds. The third kappa shape index (κ3) is 2.12. The molecule has 0 aromatic heterocycles. The van der Waals surface area contributed by atoms with Gasteiger partial charge in [0.15, 0.2) is 0 Å². The van der Waals surface area contributed by atoms with Crippen LogP contribution in [0, 0.1) is 5.41 Å². The average Bonchev–Trinajstić information content (AvgIpc) is 2.74. The lowest BCUT2D eigenvalue weighted by molar-refractivity contribution is 0.149. The zero-order valence-electron chi connectivity index (χ0n) is 10.9. The van der Waals surface area contributed by atoms with Crippen LogP contribution in [0.25, 0.3) is 0 Å². The molecule has 2 nitrogen and oxygen atoms in total. The van der Waals surface area contributed by atoms with Gasteiger partial charge in [0.2, 0.25) is 0 Å². The predicted molar refractivity (Wildman–Crippen MR) is 74.6 cm³/mol. The Morgan fingerprint density at radius 1 is 1.39 bits per heavy atom. The molecule has 0 unspecified atom stereocenters. The smallest absolute Gasteiger partial charge is 0.125 e. The topological polar surface area (TPSA) is 21.3 Å². The van der Waals surface area contributed by atoms with E-state index >= 15 is 0 Å². The zero-order chi connectivity index (χ0) is 12.6. The summed E-state index contributed by atoms with van der Waals surface area (Å²) in [4.78, 5) is 0. The minimum absolute atomic E-state index is 0.430. The summed E-state index contributed by atoms with van der Waals surface area (Å²) in [5, 5.41) is 4.27. The second-order valence-electron chi connectivity index (χ2n) is 5.68. The fourth-order valence-electron chi connectivity index (χ4n) is 3.28. The highest BCUT2D eigenvalue weighted by Crippen LogP contribution is 2.39. The monoisotopic (exact) mass is 265 g/mol. The van der Waals surface area contributed by atoms with E-state index in [2.05, 4.69) is 24.4 Å². The van der Waals surface area contributed by atoms with E-state index in [9.17, 15) is 0 Å². The summed E-state index contributed by atoms with van der Waals surface area (Å²) in [6.07, 6.45) is 4.62. The molecular formula is C15H20ClNO. The van der Waals surface area contributed by atoms with E-state index in [0.717, 1.165) is 43.3 Å². The van der Waals surface area contributed by atoms with Crippen molar-refractivity contribution in [3.8, 4) is 5.75 Å². The maximum atomic E-state index is 6.22. The third-order valence-electron chi connectivity index (χ3n) is 4.17. The second kappa shape index (κ2) is 4.75. The van der Waals surface area contributed by atoms with Crippen LogP contribution in [0.3, 0.4) is 0 Å². The molecule has 0 spiro atoms. The van der Waals surface area contributed by atoms with E-state index in [1.165, 1.54) is 24.0 Å². The van der Waals surface area contributed by atoms with Crippen LogP contribution >= 0.6 is 11.6 Å². The number of hydrogen-bond donors (Lipinski definition) is 1. The quantitative estimate of drug-likeness (QED) is 0.903. The van der Waals surface area contributed by atoms with Gasteiger partial charge in [-0.05, 0) is 41.5 Å². The Labute approximate surface area is 114 Å². The van der Waals surface area contributed by atoms with Gasteiger partial charge in [-0.25, -0.2) is 0 Å². The highest BCUT2D eigenvalue weighted by Gasteiger charge is 2.37. The normalized spacial score (nSPS) is 20.1. The second-order valence-corrected chi connectivity index (χ2v) is 6.12. The maximum absolute atomic E-state index is 6.22. The van der Waals surface area contributed by atoms with Crippen LogP contribution in [0.1, 0.15) is 30.9 Å². The lowest BCUT2D eigenvalue weighted by Crippen LogP contribution is -2.54. The zero-order valence-corrected chi connectivity index (χ0v) is 11.6. The molecule has 18 heavy (non-hydrogen) atoms. The van der Waals surface area contributed by atoms with Crippen LogP contribution in [0.5, 0.6) is 5.75 Å². The maximum Gasteiger partial charge on any atom is 0.125 e. The fourth-order valence-corrected chi connectivity index (χ4v) is 3.54. The first-order valence-electron chi connectivity index (χ1n) is 6.87. The third-order valence-corrected chi connectivity index (χ3v) is 4.39. The minimum atomic E-state index is 0.430. The van der Waals surface area contributed by atoms with E-state index in [-0.39, 0.29) is 0 Å². The highest BCUT2D eigenvalue weighted by atomic mass is 35.5. The standard InChI is InChI=1S/C15H20ClNO/c1-2-4-15(9-17-10-15)8-12-7-13(16)6-11-3-5-18-14(11)12/h6-7,17H,2-5,8-10H2,1H3. The number of hydrogen-bond acceptors (Lipinski definition) is 2. The van der Waals surface area contributed by atoms with Gasteiger partial charge in [-0.1, -0.05) is 24.9 Å². The Kier molecular flexibility index (Phi) is 3.25. The number of halogens is 1. The average molecular weight is 266 g/mol. The number of nitrogens with one attached hydrogen (secondary N) is 1. The number of fused-ring (bicyclic) bond motifs is 1. The van der Waals surface area contributed by atoms with Gasteiger partial charge in [0.05, 0.1) is 6.61 Å². The van der Waals surface area contributed by atoms with Crippen LogP contribution in [-0.2, 0) is 12.8 Å². The molecule has 98 valence electrons. The van der Waals surface area contributed by atoms with Gasteiger partial charge in [0, 0.05) is 24.5 Å². The van der Waals surface area contributed by atoms with Crippen molar-refractivity contribution in [2.75, 3.05) is 19.7 Å². The Hall–Kier alpha value is -0.730. The van der Waals surface area contributed by atoms with Gasteiger partial charge in [-0.3, -0.25) is 0 Å². The molecule has 1 fully saturated rings. The summed E-state index contributed by atoms with van der Waals surface area (Å²) in [6.45, 7) is 5.32. The molecule has 2 aliphatic rings. The summed E-state index contributed by atoms with van der Waals surface area (Å²) in [6, 6.07) is 4.15. The Morgan fingerprint density at radius 3 is 2.89 bits per heavy atom. The highest BCUT2D eigenvalue weighted by molar-refractivity contribution is 6.30. The summed E-state index contributed by atoms with van der Waals surface area (Å²) in [5.41, 5.74) is 3.03. The molecule has 1 aromatic rings. The Balaban J connectivity index is 1.88. The molecule has 1 aromatic carbocycles. The van der Waals surface area contributed by atoms with Crippen LogP contribution in [0.4, 0.5) is 0 Å². The largest absolute Gasteiger partial charge is 0.493 e. The van der Waals surface area contributed by atoms with Crippen molar-refractivity contribution < 1.29 is 4.74 Å².